The highest BCUT2D eigenvalue weighted by atomic mass is 19.4. The molecule has 34 heavy (non-hydrogen) atoms. The maximum atomic E-state index is 12.8. The molecule has 0 bridgehead atoms. The highest BCUT2D eigenvalue weighted by molar-refractivity contribution is 5.89. The average molecular weight is 476 g/mol. The Morgan fingerprint density at radius 3 is 2.68 bits per heavy atom. The molecule has 1 saturated heterocycles. The number of carbonyl (C=O) groups excluding carboxylic acids is 2. The van der Waals surface area contributed by atoms with Crippen LogP contribution in [0.1, 0.15) is 28.8 Å². The number of benzene rings is 2. The molecule has 4 rings (SSSR count). The standard InChI is InChI=1S/C25H23F3O6/c26-25(27,28)16-7-4-8-18(11-16)32-14-17(29)9-10-19-20-12-23(30)33-22(20)13-21(19)34-24(31)15-5-2-1-3-6-15/h1-11,17,19-22,29H,12-14H2/t17-,19-,20-,21-,22+/m1/s1. The van der Waals surface area contributed by atoms with Crippen molar-refractivity contribution >= 4 is 11.9 Å². The van der Waals surface area contributed by atoms with Gasteiger partial charge in [-0.3, -0.25) is 4.79 Å². The fourth-order valence-electron chi connectivity index (χ4n) is 4.33. The predicted octanol–water partition coefficient (Wildman–Crippen LogP) is 4.18. The second-order valence-electron chi connectivity index (χ2n) is 8.31. The summed E-state index contributed by atoms with van der Waals surface area (Å²) >= 11 is 0. The third-order valence-electron chi connectivity index (χ3n) is 5.96. The lowest BCUT2D eigenvalue weighted by Gasteiger charge is -2.20. The molecule has 1 heterocycles. The molecular formula is C25H23F3O6. The topological polar surface area (TPSA) is 82.1 Å². The summed E-state index contributed by atoms with van der Waals surface area (Å²) in [7, 11) is 0. The lowest BCUT2D eigenvalue weighted by Crippen LogP contribution is -2.25. The molecule has 2 aromatic carbocycles. The first-order valence-electron chi connectivity index (χ1n) is 10.8. The number of aliphatic hydroxyl groups excluding tert-OH is 1. The van der Waals surface area contributed by atoms with Crippen LogP contribution in [0.4, 0.5) is 13.2 Å². The minimum Gasteiger partial charge on any atom is -0.491 e. The van der Waals surface area contributed by atoms with Gasteiger partial charge in [0.25, 0.3) is 0 Å². The Bertz CT molecular complexity index is 1050. The maximum Gasteiger partial charge on any atom is 0.416 e. The van der Waals surface area contributed by atoms with Crippen molar-refractivity contribution in [2.24, 2.45) is 11.8 Å². The van der Waals surface area contributed by atoms with E-state index in [0.29, 0.717) is 12.0 Å². The van der Waals surface area contributed by atoms with Crippen molar-refractivity contribution in [3.05, 3.63) is 77.9 Å². The molecule has 0 spiro atoms. The van der Waals surface area contributed by atoms with Gasteiger partial charge in [-0.1, -0.05) is 36.4 Å². The lowest BCUT2D eigenvalue weighted by atomic mass is 9.91. The van der Waals surface area contributed by atoms with E-state index in [1.807, 2.05) is 0 Å². The van der Waals surface area contributed by atoms with Gasteiger partial charge in [-0.25, -0.2) is 4.79 Å². The number of hydrogen-bond donors (Lipinski definition) is 1. The zero-order valence-electron chi connectivity index (χ0n) is 18.0. The predicted molar refractivity (Wildman–Crippen MR) is 114 cm³/mol. The molecule has 2 fully saturated rings. The first kappa shape index (κ1) is 23.8. The van der Waals surface area contributed by atoms with Gasteiger partial charge in [0.1, 0.15) is 30.7 Å². The molecule has 1 saturated carbocycles. The zero-order valence-corrected chi connectivity index (χ0v) is 18.0. The SMILES string of the molecule is O=C1C[C@@H]2[C@@H](C=C[C@@H](O)COc3cccc(C(F)(F)F)c3)[C@H](OC(=O)c3ccccc3)C[C@@H]2O1. The van der Waals surface area contributed by atoms with Crippen molar-refractivity contribution in [3.63, 3.8) is 0 Å². The molecule has 5 atom stereocenters. The molecule has 0 radical (unpaired) electrons. The van der Waals surface area contributed by atoms with Crippen LogP contribution in [0.25, 0.3) is 0 Å². The summed E-state index contributed by atoms with van der Waals surface area (Å²) in [5.74, 6) is -1.41. The molecule has 0 unspecified atom stereocenters. The fraction of sp³-hybridized carbons (Fsp3) is 0.360. The number of aliphatic hydroxyl groups is 1. The van der Waals surface area contributed by atoms with E-state index in [2.05, 4.69) is 0 Å². The van der Waals surface area contributed by atoms with Gasteiger partial charge in [0, 0.05) is 18.3 Å². The van der Waals surface area contributed by atoms with Crippen LogP contribution in [0.5, 0.6) is 5.75 Å². The van der Waals surface area contributed by atoms with E-state index in [4.69, 9.17) is 14.2 Å². The quantitative estimate of drug-likeness (QED) is 0.477. The number of fused-ring (bicyclic) bond motifs is 1. The molecule has 1 aliphatic carbocycles. The van der Waals surface area contributed by atoms with Crippen molar-refractivity contribution in [2.45, 2.75) is 37.3 Å². The maximum absolute atomic E-state index is 12.8. The Labute approximate surface area is 193 Å². The Morgan fingerprint density at radius 1 is 1.18 bits per heavy atom. The van der Waals surface area contributed by atoms with E-state index in [0.717, 1.165) is 12.1 Å². The minimum absolute atomic E-state index is 0.0207. The molecule has 1 N–H and O–H groups in total. The zero-order chi connectivity index (χ0) is 24.3. The van der Waals surface area contributed by atoms with Crippen LogP contribution < -0.4 is 4.74 Å². The van der Waals surface area contributed by atoms with Crippen LogP contribution in [0.2, 0.25) is 0 Å². The van der Waals surface area contributed by atoms with Crippen molar-refractivity contribution in [1.82, 2.24) is 0 Å². The Morgan fingerprint density at radius 2 is 1.94 bits per heavy atom. The Balaban J connectivity index is 1.40. The van der Waals surface area contributed by atoms with Gasteiger partial charge in [0.15, 0.2) is 0 Å². The fourth-order valence-corrected chi connectivity index (χ4v) is 4.33. The van der Waals surface area contributed by atoms with Gasteiger partial charge in [-0.05, 0) is 30.3 Å². The highest BCUT2D eigenvalue weighted by Crippen LogP contribution is 2.43. The van der Waals surface area contributed by atoms with E-state index < -0.39 is 29.9 Å². The summed E-state index contributed by atoms with van der Waals surface area (Å²) in [5.41, 5.74) is -0.449. The van der Waals surface area contributed by atoms with Crippen molar-refractivity contribution in [3.8, 4) is 5.75 Å². The van der Waals surface area contributed by atoms with Crippen molar-refractivity contribution in [2.75, 3.05) is 6.61 Å². The summed E-state index contributed by atoms with van der Waals surface area (Å²) in [4.78, 5) is 24.3. The molecule has 0 amide bonds. The van der Waals surface area contributed by atoms with Gasteiger partial charge >= 0.3 is 18.1 Å². The number of halogens is 3. The molecule has 0 aromatic heterocycles. The van der Waals surface area contributed by atoms with Crippen LogP contribution in [-0.4, -0.2) is 42.0 Å². The summed E-state index contributed by atoms with van der Waals surface area (Å²) in [6, 6.07) is 12.9. The smallest absolute Gasteiger partial charge is 0.416 e. The van der Waals surface area contributed by atoms with Crippen molar-refractivity contribution < 1.29 is 42.1 Å². The van der Waals surface area contributed by atoms with E-state index in [1.54, 1.807) is 36.4 Å². The molecule has 180 valence electrons. The van der Waals surface area contributed by atoms with Crippen LogP contribution in [0.3, 0.4) is 0 Å². The molecule has 2 aliphatic rings. The first-order valence-corrected chi connectivity index (χ1v) is 10.8. The summed E-state index contributed by atoms with van der Waals surface area (Å²) in [6.45, 7) is -0.275. The largest absolute Gasteiger partial charge is 0.491 e. The average Bonchev–Trinajstić information content (AvgIpc) is 3.31. The van der Waals surface area contributed by atoms with Gasteiger partial charge in [-0.2, -0.15) is 13.2 Å². The lowest BCUT2D eigenvalue weighted by molar-refractivity contribution is -0.142. The molecule has 1 aliphatic heterocycles. The van der Waals surface area contributed by atoms with Gasteiger partial charge in [-0.15, -0.1) is 0 Å². The monoisotopic (exact) mass is 476 g/mol. The number of alkyl halides is 3. The third-order valence-corrected chi connectivity index (χ3v) is 5.96. The molecule has 9 heteroatoms. The minimum atomic E-state index is -4.50. The summed E-state index contributed by atoms with van der Waals surface area (Å²) in [6.07, 6.45) is -2.93. The van der Waals surface area contributed by atoms with E-state index in [9.17, 15) is 27.9 Å². The first-order chi connectivity index (χ1) is 16.2. The molecular weight excluding hydrogens is 453 g/mol. The van der Waals surface area contributed by atoms with E-state index in [1.165, 1.54) is 18.2 Å². The number of ether oxygens (including phenoxy) is 3. The number of hydrogen-bond acceptors (Lipinski definition) is 6. The molecule has 2 aromatic rings. The van der Waals surface area contributed by atoms with Crippen molar-refractivity contribution in [1.29, 1.82) is 0 Å². The highest BCUT2D eigenvalue weighted by Gasteiger charge is 2.50. The van der Waals surface area contributed by atoms with Crippen LogP contribution >= 0.6 is 0 Å². The van der Waals surface area contributed by atoms with Crippen LogP contribution in [0.15, 0.2) is 66.7 Å². The van der Waals surface area contributed by atoms with E-state index in [-0.39, 0.29) is 42.7 Å². The van der Waals surface area contributed by atoms with Crippen LogP contribution in [0, 0.1) is 11.8 Å². The number of esters is 2. The summed E-state index contributed by atoms with van der Waals surface area (Å²) in [5, 5.41) is 10.3. The third kappa shape index (κ3) is 5.59. The normalized spacial score (nSPS) is 25.1. The van der Waals surface area contributed by atoms with Gasteiger partial charge in [0.05, 0.1) is 17.5 Å². The Kier molecular flexibility index (Phi) is 6.92. The second-order valence-corrected chi connectivity index (χ2v) is 8.31. The van der Waals surface area contributed by atoms with Gasteiger partial charge in [0.2, 0.25) is 0 Å². The molecule has 6 nitrogen and oxygen atoms in total. The Hall–Kier alpha value is -3.33. The van der Waals surface area contributed by atoms with Gasteiger partial charge < -0.3 is 19.3 Å². The number of carbonyl (C=O) groups is 2. The second kappa shape index (κ2) is 9.89. The van der Waals surface area contributed by atoms with E-state index >= 15 is 0 Å². The number of rotatable bonds is 7. The van der Waals surface area contributed by atoms with Crippen LogP contribution in [-0.2, 0) is 20.4 Å². The summed E-state index contributed by atoms with van der Waals surface area (Å²) < 4.78 is 54.9.